The summed E-state index contributed by atoms with van der Waals surface area (Å²) >= 11 is 0. The number of hydrogen-bond donors (Lipinski definition) is 3. The van der Waals surface area contributed by atoms with Crippen LogP contribution >= 0.6 is 0 Å². The molecule has 1 heterocycles. The zero-order valence-corrected chi connectivity index (χ0v) is 14.0. The summed E-state index contributed by atoms with van der Waals surface area (Å²) in [4.78, 5) is 27.6. The maximum atomic E-state index is 11.9. The van der Waals surface area contributed by atoms with Gasteiger partial charge in [-0.3, -0.25) is 9.59 Å². The summed E-state index contributed by atoms with van der Waals surface area (Å²) in [5.41, 5.74) is 7.21. The van der Waals surface area contributed by atoms with Crippen LogP contribution in [0.15, 0.2) is 34.9 Å². The number of nitrogens with one attached hydrogen (secondary N) is 2. The van der Waals surface area contributed by atoms with Gasteiger partial charge in [-0.25, -0.2) is 4.98 Å². The van der Waals surface area contributed by atoms with E-state index in [0.717, 1.165) is 5.56 Å². The molecule has 7 nitrogen and oxygen atoms in total. The van der Waals surface area contributed by atoms with Crippen LogP contribution in [0.2, 0.25) is 0 Å². The third-order valence-corrected chi connectivity index (χ3v) is 3.52. The smallest absolute Gasteiger partial charge is 0.243 e. The quantitative estimate of drug-likeness (QED) is 0.746. The number of amides is 2. The standard InChI is InChI=1S/C17H22N4O3/c1-10(2)16(18)17(23)20-9-15(22)21-13-6-4-12(5-7-13)14-8-19-11(3)24-14/h4-8,10,16H,9,18H2,1-3H3,(H,20,23)(H,21,22)/t16-/m0/s1. The number of hydrogen-bond acceptors (Lipinski definition) is 5. The van der Waals surface area contributed by atoms with E-state index in [1.165, 1.54) is 0 Å². The van der Waals surface area contributed by atoms with Gasteiger partial charge in [0.2, 0.25) is 11.8 Å². The number of nitrogens with zero attached hydrogens (tertiary/aromatic N) is 1. The number of rotatable bonds is 6. The van der Waals surface area contributed by atoms with Gasteiger partial charge >= 0.3 is 0 Å². The van der Waals surface area contributed by atoms with Crippen molar-refractivity contribution >= 4 is 17.5 Å². The number of aryl methyl sites for hydroxylation is 1. The Morgan fingerprint density at radius 1 is 1.25 bits per heavy atom. The molecule has 0 aliphatic heterocycles. The molecular weight excluding hydrogens is 308 g/mol. The molecule has 0 aliphatic carbocycles. The fraction of sp³-hybridized carbons (Fsp3) is 0.353. The average Bonchev–Trinajstić information content (AvgIpc) is 2.99. The molecule has 0 saturated carbocycles. The first kappa shape index (κ1) is 17.7. The molecule has 7 heteroatoms. The summed E-state index contributed by atoms with van der Waals surface area (Å²) in [7, 11) is 0. The van der Waals surface area contributed by atoms with Gasteiger partial charge in [0.05, 0.1) is 18.8 Å². The summed E-state index contributed by atoms with van der Waals surface area (Å²) in [6.07, 6.45) is 1.65. The Labute approximate surface area is 140 Å². The van der Waals surface area contributed by atoms with Crippen molar-refractivity contribution in [3.63, 3.8) is 0 Å². The highest BCUT2D eigenvalue weighted by Gasteiger charge is 2.17. The number of benzene rings is 1. The van der Waals surface area contributed by atoms with E-state index < -0.39 is 6.04 Å². The molecule has 0 radical (unpaired) electrons. The van der Waals surface area contributed by atoms with E-state index in [4.69, 9.17) is 10.2 Å². The first-order chi connectivity index (χ1) is 11.4. The molecule has 1 aromatic carbocycles. The van der Waals surface area contributed by atoms with E-state index in [1.807, 2.05) is 26.0 Å². The van der Waals surface area contributed by atoms with Gasteiger partial charge in [0.25, 0.3) is 0 Å². The van der Waals surface area contributed by atoms with Crippen LogP contribution in [0, 0.1) is 12.8 Å². The van der Waals surface area contributed by atoms with E-state index in [9.17, 15) is 9.59 Å². The van der Waals surface area contributed by atoms with Crippen molar-refractivity contribution < 1.29 is 14.0 Å². The zero-order chi connectivity index (χ0) is 17.7. The van der Waals surface area contributed by atoms with Gasteiger partial charge in [-0.05, 0) is 30.2 Å². The maximum absolute atomic E-state index is 11.9. The molecule has 128 valence electrons. The average molecular weight is 330 g/mol. The van der Waals surface area contributed by atoms with E-state index in [1.54, 1.807) is 25.3 Å². The van der Waals surface area contributed by atoms with Crippen LogP contribution in [0.1, 0.15) is 19.7 Å². The Kier molecular flexibility index (Phi) is 5.70. The third-order valence-electron chi connectivity index (χ3n) is 3.52. The molecule has 2 amide bonds. The third kappa shape index (κ3) is 4.66. The van der Waals surface area contributed by atoms with Gasteiger partial charge in [-0.15, -0.1) is 0 Å². The Bertz CT molecular complexity index is 707. The number of anilines is 1. The van der Waals surface area contributed by atoms with Crippen molar-refractivity contribution in [3.8, 4) is 11.3 Å². The molecule has 4 N–H and O–H groups in total. The molecule has 0 bridgehead atoms. The van der Waals surface area contributed by atoms with Crippen molar-refractivity contribution in [1.29, 1.82) is 0 Å². The predicted octanol–water partition coefficient (Wildman–Crippen LogP) is 1.69. The van der Waals surface area contributed by atoms with E-state index >= 15 is 0 Å². The maximum Gasteiger partial charge on any atom is 0.243 e. The highest BCUT2D eigenvalue weighted by atomic mass is 16.4. The molecule has 0 unspecified atom stereocenters. The van der Waals surface area contributed by atoms with Crippen LogP contribution in [0.5, 0.6) is 0 Å². The second-order valence-electron chi connectivity index (χ2n) is 5.86. The van der Waals surface area contributed by atoms with Gasteiger partial charge in [-0.2, -0.15) is 0 Å². The summed E-state index contributed by atoms with van der Waals surface area (Å²) in [6.45, 7) is 5.35. The first-order valence-corrected chi connectivity index (χ1v) is 7.73. The normalized spacial score (nSPS) is 12.0. The summed E-state index contributed by atoms with van der Waals surface area (Å²) in [6, 6.07) is 6.54. The van der Waals surface area contributed by atoms with Crippen molar-refractivity contribution in [3.05, 3.63) is 36.4 Å². The SMILES string of the molecule is Cc1ncc(-c2ccc(NC(=O)CNC(=O)[C@@H](N)C(C)C)cc2)o1. The molecule has 1 aromatic heterocycles. The van der Waals surface area contributed by atoms with E-state index in [0.29, 0.717) is 17.3 Å². The fourth-order valence-corrected chi connectivity index (χ4v) is 2.01. The second-order valence-corrected chi connectivity index (χ2v) is 5.86. The lowest BCUT2D eigenvalue weighted by Crippen LogP contribution is -2.46. The van der Waals surface area contributed by atoms with E-state index in [2.05, 4.69) is 15.6 Å². The Balaban J connectivity index is 1.87. The molecule has 0 saturated heterocycles. The number of carbonyl (C=O) groups excluding carboxylic acids is 2. The first-order valence-electron chi connectivity index (χ1n) is 7.73. The highest BCUT2D eigenvalue weighted by Crippen LogP contribution is 2.21. The Morgan fingerprint density at radius 3 is 2.46 bits per heavy atom. The molecule has 0 spiro atoms. The largest absolute Gasteiger partial charge is 0.441 e. The Morgan fingerprint density at radius 2 is 1.92 bits per heavy atom. The molecule has 24 heavy (non-hydrogen) atoms. The highest BCUT2D eigenvalue weighted by molar-refractivity contribution is 5.95. The monoisotopic (exact) mass is 330 g/mol. The Hall–Kier alpha value is -2.67. The predicted molar refractivity (Wildman–Crippen MR) is 91.1 cm³/mol. The van der Waals surface area contributed by atoms with Gasteiger partial charge in [-0.1, -0.05) is 13.8 Å². The summed E-state index contributed by atoms with van der Waals surface area (Å²) < 4.78 is 5.44. The molecule has 0 aliphatic rings. The molecule has 2 rings (SSSR count). The van der Waals surface area contributed by atoms with Crippen molar-refractivity contribution in [1.82, 2.24) is 10.3 Å². The molecular formula is C17H22N4O3. The number of oxazole rings is 1. The van der Waals surface area contributed by atoms with Crippen LogP contribution in [0.4, 0.5) is 5.69 Å². The van der Waals surface area contributed by atoms with Crippen LogP contribution in [0.3, 0.4) is 0 Å². The number of carbonyl (C=O) groups is 2. The minimum absolute atomic E-state index is 0.0142. The van der Waals surface area contributed by atoms with Crippen molar-refractivity contribution in [2.24, 2.45) is 11.7 Å². The molecule has 0 fully saturated rings. The lowest BCUT2D eigenvalue weighted by Gasteiger charge is -2.15. The van der Waals surface area contributed by atoms with Gasteiger partial charge in [0.1, 0.15) is 0 Å². The fourth-order valence-electron chi connectivity index (χ4n) is 2.01. The minimum atomic E-state index is -0.623. The number of aromatic nitrogens is 1. The van der Waals surface area contributed by atoms with E-state index in [-0.39, 0.29) is 24.3 Å². The van der Waals surface area contributed by atoms with Crippen LogP contribution in [-0.2, 0) is 9.59 Å². The van der Waals surface area contributed by atoms with Crippen molar-refractivity contribution in [2.75, 3.05) is 11.9 Å². The van der Waals surface area contributed by atoms with Crippen LogP contribution in [0.25, 0.3) is 11.3 Å². The number of nitrogens with two attached hydrogens (primary N) is 1. The molecule has 1 atom stereocenters. The topological polar surface area (TPSA) is 110 Å². The van der Waals surface area contributed by atoms with Gasteiger partial charge in [0, 0.05) is 18.2 Å². The van der Waals surface area contributed by atoms with Crippen LogP contribution < -0.4 is 16.4 Å². The second kappa shape index (κ2) is 7.74. The lowest BCUT2D eigenvalue weighted by molar-refractivity contribution is -0.125. The van der Waals surface area contributed by atoms with Gasteiger partial charge in [0.15, 0.2) is 11.7 Å². The summed E-state index contributed by atoms with van der Waals surface area (Å²) in [5.74, 6) is 0.622. The molecule has 2 aromatic rings. The van der Waals surface area contributed by atoms with Gasteiger partial charge < -0.3 is 20.8 Å². The summed E-state index contributed by atoms with van der Waals surface area (Å²) in [5, 5.41) is 5.23. The lowest BCUT2D eigenvalue weighted by atomic mass is 10.1. The van der Waals surface area contributed by atoms with Crippen LogP contribution in [-0.4, -0.2) is 29.4 Å². The van der Waals surface area contributed by atoms with Crippen molar-refractivity contribution in [2.45, 2.75) is 26.8 Å². The zero-order valence-electron chi connectivity index (χ0n) is 14.0. The minimum Gasteiger partial charge on any atom is -0.441 e.